The molecule has 1 aromatic rings. The summed E-state index contributed by atoms with van der Waals surface area (Å²) in [5, 5.41) is 5.47. The van der Waals surface area contributed by atoms with Crippen LogP contribution in [0.3, 0.4) is 0 Å². The number of anilines is 1. The minimum absolute atomic E-state index is 0.0263. The number of carbonyl (C=O) groups excluding carboxylic acids is 2. The molecular weight excluding hydrogens is 334 g/mol. The first-order chi connectivity index (χ1) is 12.6. The van der Waals surface area contributed by atoms with E-state index in [4.69, 9.17) is 4.74 Å². The van der Waals surface area contributed by atoms with Crippen molar-refractivity contribution in [3.63, 3.8) is 0 Å². The first-order valence-electron chi connectivity index (χ1n) is 9.27. The van der Waals surface area contributed by atoms with Gasteiger partial charge < -0.3 is 25.2 Å². The van der Waals surface area contributed by atoms with Gasteiger partial charge in [0.2, 0.25) is 5.91 Å². The third kappa shape index (κ3) is 4.77. The number of ether oxygens (including phenoxy) is 1. The minimum Gasteiger partial charge on any atom is -0.485 e. The molecule has 1 unspecified atom stereocenters. The monoisotopic (exact) mass is 361 g/mol. The molecule has 26 heavy (non-hydrogen) atoms. The zero-order valence-electron chi connectivity index (χ0n) is 15.2. The van der Waals surface area contributed by atoms with Gasteiger partial charge in [0.25, 0.3) is 0 Å². The molecule has 0 bridgehead atoms. The van der Waals surface area contributed by atoms with Crippen molar-refractivity contribution in [2.45, 2.75) is 32.3 Å². The van der Waals surface area contributed by atoms with Crippen molar-refractivity contribution < 1.29 is 14.3 Å². The van der Waals surface area contributed by atoms with Crippen LogP contribution in [-0.4, -0.2) is 67.2 Å². The number of hydrogen-bond donors (Lipinski definition) is 2. The van der Waals surface area contributed by atoms with Crippen LogP contribution in [0.1, 0.15) is 26.2 Å². The second-order valence-corrected chi connectivity index (χ2v) is 6.71. The van der Waals surface area contributed by atoms with Crippen LogP contribution < -0.4 is 20.3 Å². The Hall–Kier alpha value is -2.51. The molecule has 2 fully saturated rings. The van der Waals surface area contributed by atoms with E-state index in [-0.39, 0.29) is 18.0 Å². The average Bonchev–Trinajstić information content (AvgIpc) is 3.31. The van der Waals surface area contributed by atoms with Gasteiger partial charge in [0, 0.05) is 52.3 Å². The largest absolute Gasteiger partial charge is 0.485 e. The van der Waals surface area contributed by atoms with Gasteiger partial charge in [-0.15, -0.1) is 0 Å². The van der Waals surface area contributed by atoms with E-state index in [2.05, 4.69) is 20.5 Å². The Morgan fingerprint density at radius 1 is 1.23 bits per heavy atom. The van der Waals surface area contributed by atoms with Crippen molar-refractivity contribution in [2.75, 3.05) is 44.2 Å². The maximum absolute atomic E-state index is 12.2. The van der Waals surface area contributed by atoms with Gasteiger partial charge in [-0.3, -0.25) is 4.79 Å². The summed E-state index contributed by atoms with van der Waals surface area (Å²) >= 11 is 0. The van der Waals surface area contributed by atoms with Crippen molar-refractivity contribution in [3.8, 4) is 5.75 Å². The summed E-state index contributed by atoms with van der Waals surface area (Å²) in [7, 11) is 0. The Balaban J connectivity index is 1.49. The first kappa shape index (κ1) is 18.3. The molecule has 1 atom stereocenters. The molecule has 2 aliphatic heterocycles. The van der Waals surface area contributed by atoms with Crippen molar-refractivity contribution in [1.82, 2.24) is 20.5 Å². The summed E-state index contributed by atoms with van der Waals surface area (Å²) in [5.41, 5.74) is 0. The molecule has 2 N–H and O–H groups in total. The molecule has 3 amide bonds. The Kier molecular flexibility index (Phi) is 6.14. The van der Waals surface area contributed by atoms with Gasteiger partial charge in [0.1, 0.15) is 6.10 Å². The molecule has 0 spiro atoms. The van der Waals surface area contributed by atoms with Gasteiger partial charge >= 0.3 is 6.03 Å². The van der Waals surface area contributed by atoms with Crippen molar-refractivity contribution >= 4 is 17.8 Å². The van der Waals surface area contributed by atoms with Crippen LogP contribution in [0.15, 0.2) is 18.3 Å². The van der Waals surface area contributed by atoms with Gasteiger partial charge in [-0.2, -0.15) is 0 Å². The molecule has 3 heterocycles. The summed E-state index contributed by atoms with van der Waals surface area (Å²) in [6.07, 6.45) is 4.94. The molecule has 142 valence electrons. The molecule has 8 nitrogen and oxygen atoms in total. The fourth-order valence-corrected chi connectivity index (χ4v) is 3.35. The maximum atomic E-state index is 12.2. The number of nitrogens with zero attached hydrogens (tertiary/aromatic N) is 3. The van der Waals surface area contributed by atoms with Gasteiger partial charge in [-0.05, 0) is 25.0 Å². The zero-order chi connectivity index (χ0) is 18.4. The Morgan fingerprint density at radius 2 is 2.00 bits per heavy atom. The average molecular weight is 361 g/mol. The molecule has 2 saturated heterocycles. The molecular formula is C18H27N5O3. The molecule has 0 aliphatic carbocycles. The maximum Gasteiger partial charge on any atom is 0.317 e. The minimum atomic E-state index is -0.118. The van der Waals surface area contributed by atoms with Crippen LogP contribution in [0.25, 0.3) is 0 Å². The normalized spacial score (nSPS) is 19.5. The molecule has 0 radical (unpaired) electrons. The van der Waals surface area contributed by atoms with Crippen LogP contribution in [0.4, 0.5) is 10.6 Å². The van der Waals surface area contributed by atoms with Crippen molar-refractivity contribution in [1.29, 1.82) is 0 Å². The van der Waals surface area contributed by atoms with Crippen molar-refractivity contribution in [2.24, 2.45) is 0 Å². The molecule has 3 rings (SSSR count). The highest BCUT2D eigenvalue weighted by Crippen LogP contribution is 2.30. The highest BCUT2D eigenvalue weighted by atomic mass is 16.5. The summed E-state index contributed by atoms with van der Waals surface area (Å²) < 4.78 is 6.17. The van der Waals surface area contributed by atoms with E-state index in [9.17, 15) is 9.59 Å². The number of carbonyl (C=O) groups is 2. The smallest absolute Gasteiger partial charge is 0.317 e. The van der Waals surface area contributed by atoms with E-state index in [1.165, 1.54) is 19.8 Å². The van der Waals surface area contributed by atoms with E-state index in [1.54, 1.807) is 11.1 Å². The quantitative estimate of drug-likeness (QED) is 0.738. The van der Waals surface area contributed by atoms with Crippen LogP contribution >= 0.6 is 0 Å². The van der Waals surface area contributed by atoms with Crippen LogP contribution in [-0.2, 0) is 4.79 Å². The number of pyridine rings is 1. The second kappa shape index (κ2) is 8.73. The fraction of sp³-hybridized carbons (Fsp3) is 0.611. The van der Waals surface area contributed by atoms with E-state index < -0.39 is 0 Å². The third-order valence-corrected chi connectivity index (χ3v) is 4.66. The predicted molar refractivity (Wildman–Crippen MR) is 98.4 cm³/mol. The summed E-state index contributed by atoms with van der Waals surface area (Å²) in [6, 6.07) is 3.72. The van der Waals surface area contributed by atoms with E-state index in [0.29, 0.717) is 26.2 Å². The SMILES string of the molecule is CC(=O)NCCNC(=O)N1CCC(Oc2cccnc2N2CCCC2)C1. The molecule has 2 aliphatic rings. The summed E-state index contributed by atoms with van der Waals surface area (Å²) in [6.45, 7) is 5.56. The van der Waals surface area contributed by atoms with Gasteiger partial charge in [0.05, 0.1) is 6.54 Å². The van der Waals surface area contributed by atoms with Crippen LogP contribution in [0.5, 0.6) is 5.75 Å². The van der Waals surface area contributed by atoms with E-state index in [1.807, 2.05) is 12.1 Å². The van der Waals surface area contributed by atoms with Gasteiger partial charge in [-0.1, -0.05) is 0 Å². The van der Waals surface area contributed by atoms with Crippen LogP contribution in [0, 0.1) is 0 Å². The Bertz CT molecular complexity index is 633. The second-order valence-electron chi connectivity index (χ2n) is 6.71. The molecule has 1 aromatic heterocycles. The lowest BCUT2D eigenvalue weighted by Gasteiger charge is -2.22. The number of hydrogen-bond acceptors (Lipinski definition) is 5. The third-order valence-electron chi connectivity index (χ3n) is 4.66. The Labute approximate surface area is 153 Å². The summed E-state index contributed by atoms with van der Waals surface area (Å²) in [4.78, 5) is 31.5. The standard InChI is InChI=1S/C18H27N5O3/c1-14(24)19-8-9-21-18(25)23-12-6-15(13-23)26-16-5-4-7-20-17(16)22-10-2-3-11-22/h4-5,7,15H,2-3,6,8-13H2,1H3,(H,19,24)(H,21,25). The highest BCUT2D eigenvalue weighted by molar-refractivity contribution is 5.75. The molecule has 0 saturated carbocycles. The molecule has 0 aromatic carbocycles. The first-order valence-corrected chi connectivity index (χ1v) is 9.27. The van der Waals surface area contributed by atoms with Gasteiger partial charge in [0.15, 0.2) is 11.6 Å². The number of nitrogens with one attached hydrogen (secondary N) is 2. The Morgan fingerprint density at radius 3 is 2.77 bits per heavy atom. The summed E-state index contributed by atoms with van der Waals surface area (Å²) in [5.74, 6) is 1.61. The lowest BCUT2D eigenvalue weighted by Crippen LogP contribution is -2.42. The fourth-order valence-electron chi connectivity index (χ4n) is 3.35. The lowest BCUT2D eigenvalue weighted by molar-refractivity contribution is -0.118. The predicted octanol–water partition coefficient (Wildman–Crippen LogP) is 0.981. The molecule has 8 heteroatoms. The number of amides is 3. The zero-order valence-corrected chi connectivity index (χ0v) is 15.2. The number of rotatable bonds is 6. The highest BCUT2D eigenvalue weighted by Gasteiger charge is 2.29. The van der Waals surface area contributed by atoms with E-state index in [0.717, 1.165) is 31.1 Å². The van der Waals surface area contributed by atoms with Crippen LogP contribution in [0.2, 0.25) is 0 Å². The van der Waals surface area contributed by atoms with Gasteiger partial charge in [-0.25, -0.2) is 9.78 Å². The topological polar surface area (TPSA) is 86.8 Å². The number of urea groups is 1. The lowest BCUT2D eigenvalue weighted by atomic mass is 10.3. The number of aromatic nitrogens is 1. The van der Waals surface area contributed by atoms with Crippen molar-refractivity contribution in [3.05, 3.63) is 18.3 Å². The van der Waals surface area contributed by atoms with E-state index >= 15 is 0 Å². The number of likely N-dealkylation sites (tertiary alicyclic amines) is 1.